The van der Waals surface area contributed by atoms with Crippen LogP contribution in [-0.4, -0.2) is 27.3 Å². The van der Waals surface area contributed by atoms with Crippen LogP contribution in [0.25, 0.3) is 0 Å². The Morgan fingerprint density at radius 1 is 1.42 bits per heavy atom. The first kappa shape index (κ1) is 13.1. The van der Waals surface area contributed by atoms with Crippen molar-refractivity contribution in [2.75, 3.05) is 12.3 Å². The minimum atomic E-state index is -0.715. The number of nitrogens with one attached hydrogen (secondary N) is 1. The van der Waals surface area contributed by atoms with Gasteiger partial charge in [0.1, 0.15) is 6.54 Å². The first-order valence-electron chi connectivity index (χ1n) is 5.93. The van der Waals surface area contributed by atoms with E-state index in [9.17, 15) is 9.90 Å². The molecule has 1 heterocycles. The van der Waals surface area contributed by atoms with Gasteiger partial charge in [-0.15, -0.1) is 0 Å². The van der Waals surface area contributed by atoms with Crippen molar-refractivity contribution >= 4 is 11.6 Å². The van der Waals surface area contributed by atoms with Gasteiger partial charge >= 0.3 is 0 Å². The minimum absolute atomic E-state index is 0.0821. The summed E-state index contributed by atoms with van der Waals surface area (Å²) in [5.74, 6) is -0.224. The standard InChI is InChI=1S/C13H16N4O2/c14-11-6-16-17(8-11)9-13(19)15-7-12(18)10-4-2-1-3-5-10/h1-6,8,12,18H,7,9,14H2,(H,15,19). The van der Waals surface area contributed by atoms with Crippen molar-refractivity contribution in [3.8, 4) is 0 Å². The summed E-state index contributed by atoms with van der Waals surface area (Å²) in [5.41, 5.74) is 6.78. The molecule has 6 heteroatoms. The molecule has 0 aliphatic heterocycles. The van der Waals surface area contributed by atoms with Crippen LogP contribution in [0.1, 0.15) is 11.7 Å². The monoisotopic (exact) mass is 260 g/mol. The van der Waals surface area contributed by atoms with Crippen molar-refractivity contribution in [1.29, 1.82) is 0 Å². The number of aromatic nitrogens is 2. The van der Waals surface area contributed by atoms with Crippen molar-refractivity contribution in [2.24, 2.45) is 0 Å². The Balaban J connectivity index is 1.80. The maximum atomic E-state index is 11.6. The fourth-order valence-electron chi connectivity index (χ4n) is 1.67. The van der Waals surface area contributed by atoms with Gasteiger partial charge in [-0.3, -0.25) is 9.48 Å². The Labute approximate surface area is 110 Å². The Morgan fingerprint density at radius 2 is 2.16 bits per heavy atom. The molecular weight excluding hydrogens is 244 g/mol. The predicted molar refractivity (Wildman–Crippen MR) is 71.1 cm³/mol. The van der Waals surface area contributed by atoms with E-state index in [-0.39, 0.29) is 19.0 Å². The molecule has 0 fully saturated rings. The van der Waals surface area contributed by atoms with Crippen LogP contribution in [0.5, 0.6) is 0 Å². The van der Waals surface area contributed by atoms with Crippen LogP contribution in [0.3, 0.4) is 0 Å². The molecule has 0 bridgehead atoms. The first-order chi connectivity index (χ1) is 9.15. The zero-order valence-corrected chi connectivity index (χ0v) is 10.4. The molecule has 1 atom stereocenters. The van der Waals surface area contributed by atoms with Crippen LogP contribution < -0.4 is 11.1 Å². The van der Waals surface area contributed by atoms with E-state index in [1.165, 1.54) is 10.9 Å². The highest BCUT2D eigenvalue weighted by Crippen LogP contribution is 2.10. The Kier molecular flexibility index (Phi) is 4.15. The fourth-order valence-corrected chi connectivity index (χ4v) is 1.67. The first-order valence-corrected chi connectivity index (χ1v) is 5.93. The van der Waals surface area contributed by atoms with E-state index < -0.39 is 6.10 Å². The SMILES string of the molecule is Nc1cnn(CC(=O)NCC(O)c2ccccc2)c1. The van der Waals surface area contributed by atoms with Gasteiger partial charge in [0, 0.05) is 12.7 Å². The highest BCUT2D eigenvalue weighted by atomic mass is 16.3. The topological polar surface area (TPSA) is 93.2 Å². The molecule has 4 N–H and O–H groups in total. The molecule has 19 heavy (non-hydrogen) atoms. The minimum Gasteiger partial charge on any atom is -0.396 e. The molecule has 1 unspecified atom stereocenters. The maximum absolute atomic E-state index is 11.6. The summed E-state index contributed by atoms with van der Waals surface area (Å²) in [7, 11) is 0. The second kappa shape index (κ2) is 6.01. The molecule has 0 spiro atoms. The van der Waals surface area contributed by atoms with E-state index in [0.29, 0.717) is 5.69 Å². The lowest BCUT2D eigenvalue weighted by Crippen LogP contribution is -2.31. The van der Waals surface area contributed by atoms with Crippen molar-refractivity contribution in [2.45, 2.75) is 12.6 Å². The van der Waals surface area contributed by atoms with E-state index in [2.05, 4.69) is 10.4 Å². The largest absolute Gasteiger partial charge is 0.396 e. The maximum Gasteiger partial charge on any atom is 0.241 e. The van der Waals surface area contributed by atoms with Crippen molar-refractivity contribution in [3.05, 3.63) is 48.3 Å². The predicted octanol–water partition coefficient (Wildman–Crippen LogP) is 0.315. The summed E-state index contributed by atoms with van der Waals surface area (Å²) < 4.78 is 1.44. The number of nitrogens with zero attached hydrogens (tertiary/aromatic N) is 2. The van der Waals surface area contributed by atoms with E-state index in [4.69, 9.17) is 5.73 Å². The molecule has 1 amide bonds. The number of carbonyl (C=O) groups excluding carboxylic acids is 1. The molecule has 6 nitrogen and oxygen atoms in total. The molecular formula is C13H16N4O2. The lowest BCUT2D eigenvalue weighted by molar-refractivity contribution is -0.122. The molecule has 1 aromatic carbocycles. The van der Waals surface area contributed by atoms with E-state index in [1.807, 2.05) is 30.3 Å². The zero-order chi connectivity index (χ0) is 13.7. The van der Waals surface area contributed by atoms with Crippen LogP contribution in [0, 0.1) is 0 Å². The van der Waals surface area contributed by atoms with Crippen LogP contribution in [-0.2, 0) is 11.3 Å². The van der Waals surface area contributed by atoms with Gasteiger partial charge in [-0.25, -0.2) is 0 Å². The van der Waals surface area contributed by atoms with Crippen LogP contribution >= 0.6 is 0 Å². The highest BCUT2D eigenvalue weighted by molar-refractivity contribution is 5.75. The quantitative estimate of drug-likeness (QED) is 0.721. The number of rotatable bonds is 5. The van der Waals surface area contributed by atoms with Crippen molar-refractivity contribution in [1.82, 2.24) is 15.1 Å². The smallest absolute Gasteiger partial charge is 0.241 e. The number of hydrogen-bond donors (Lipinski definition) is 3. The number of aliphatic hydroxyl groups is 1. The van der Waals surface area contributed by atoms with E-state index in [1.54, 1.807) is 6.20 Å². The van der Waals surface area contributed by atoms with E-state index >= 15 is 0 Å². The van der Waals surface area contributed by atoms with Crippen molar-refractivity contribution in [3.63, 3.8) is 0 Å². The van der Waals surface area contributed by atoms with Gasteiger partial charge in [-0.05, 0) is 5.56 Å². The number of carbonyl (C=O) groups is 1. The van der Waals surface area contributed by atoms with Crippen LogP contribution in [0.15, 0.2) is 42.7 Å². The number of anilines is 1. The lowest BCUT2D eigenvalue weighted by Gasteiger charge is -2.12. The Bertz CT molecular complexity index is 539. The molecule has 2 aromatic rings. The number of nitrogens with two attached hydrogens (primary N) is 1. The third-order valence-electron chi connectivity index (χ3n) is 2.64. The average molecular weight is 260 g/mol. The number of hydrogen-bond acceptors (Lipinski definition) is 4. The van der Waals surface area contributed by atoms with Gasteiger partial charge in [-0.1, -0.05) is 30.3 Å². The summed E-state index contributed by atoms with van der Waals surface area (Å²) in [6, 6.07) is 9.17. The van der Waals surface area contributed by atoms with Gasteiger partial charge in [0.15, 0.2) is 0 Å². The molecule has 0 saturated carbocycles. The molecule has 2 rings (SSSR count). The third kappa shape index (κ3) is 3.82. The third-order valence-corrected chi connectivity index (χ3v) is 2.64. The summed E-state index contributed by atoms with van der Waals surface area (Å²) in [4.78, 5) is 11.6. The average Bonchev–Trinajstić information content (AvgIpc) is 2.82. The second-order valence-corrected chi connectivity index (χ2v) is 4.20. The van der Waals surface area contributed by atoms with E-state index in [0.717, 1.165) is 5.56 Å². The van der Waals surface area contributed by atoms with Gasteiger partial charge < -0.3 is 16.2 Å². The number of nitrogen functional groups attached to an aromatic ring is 1. The van der Waals surface area contributed by atoms with Crippen molar-refractivity contribution < 1.29 is 9.90 Å². The summed E-state index contributed by atoms with van der Waals surface area (Å²) in [5, 5.41) is 16.4. The number of benzene rings is 1. The lowest BCUT2D eigenvalue weighted by atomic mass is 10.1. The van der Waals surface area contributed by atoms with Gasteiger partial charge in [-0.2, -0.15) is 5.10 Å². The Morgan fingerprint density at radius 3 is 2.79 bits per heavy atom. The summed E-state index contributed by atoms with van der Waals surface area (Å²) in [6.07, 6.45) is 2.34. The highest BCUT2D eigenvalue weighted by Gasteiger charge is 2.09. The molecule has 100 valence electrons. The number of amides is 1. The van der Waals surface area contributed by atoms with Crippen LogP contribution in [0.2, 0.25) is 0 Å². The molecule has 1 aromatic heterocycles. The zero-order valence-electron chi connectivity index (χ0n) is 10.4. The Hall–Kier alpha value is -2.34. The normalized spacial score (nSPS) is 12.1. The van der Waals surface area contributed by atoms with Gasteiger partial charge in [0.25, 0.3) is 0 Å². The molecule has 0 aliphatic rings. The summed E-state index contributed by atoms with van der Waals surface area (Å²) >= 11 is 0. The molecule has 0 radical (unpaired) electrons. The summed E-state index contributed by atoms with van der Waals surface area (Å²) in [6.45, 7) is 0.248. The second-order valence-electron chi connectivity index (χ2n) is 4.20. The van der Waals surface area contributed by atoms with Crippen LogP contribution in [0.4, 0.5) is 5.69 Å². The fraction of sp³-hybridized carbons (Fsp3) is 0.231. The van der Waals surface area contributed by atoms with Gasteiger partial charge in [0.2, 0.25) is 5.91 Å². The van der Waals surface area contributed by atoms with Gasteiger partial charge in [0.05, 0.1) is 18.0 Å². The molecule has 0 saturated heterocycles. The number of aliphatic hydroxyl groups excluding tert-OH is 1. The molecule has 0 aliphatic carbocycles.